The SMILES string of the molecule is CCOB(OCC)C(C)C(C)C#N. The lowest BCUT2D eigenvalue weighted by Gasteiger charge is -2.20. The van der Waals surface area contributed by atoms with Gasteiger partial charge in [-0.3, -0.25) is 0 Å². The minimum atomic E-state index is -0.246. The van der Waals surface area contributed by atoms with Crippen LogP contribution in [0, 0.1) is 17.2 Å². The molecule has 0 aromatic carbocycles. The molecule has 0 N–H and O–H groups in total. The Hall–Kier alpha value is -0.525. The Labute approximate surface area is 81.2 Å². The molecule has 0 fully saturated rings. The van der Waals surface area contributed by atoms with Gasteiger partial charge in [0.1, 0.15) is 0 Å². The van der Waals surface area contributed by atoms with Crippen molar-refractivity contribution in [3.63, 3.8) is 0 Å². The molecule has 2 unspecified atom stereocenters. The fourth-order valence-electron chi connectivity index (χ4n) is 1.03. The van der Waals surface area contributed by atoms with Gasteiger partial charge in [-0.2, -0.15) is 5.26 Å². The Morgan fingerprint density at radius 3 is 2.00 bits per heavy atom. The highest BCUT2D eigenvalue weighted by Crippen LogP contribution is 2.21. The molecule has 74 valence electrons. The smallest absolute Gasteiger partial charge is 0.411 e. The van der Waals surface area contributed by atoms with E-state index in [2.05, 4.69) is 6.07 Å². The van der Waals surface area contributed by atoms with Crippen molar-refractivity contribution in [3.8, 4) is 6.07 Å². The Bertz CT molecular complexity index is 163. The molecular weight excluding hydrogens is 165 g/mol. The maximum atomic E-state index is 8.73. The molecule has 0 aliphatic carbocycles. The first-order chi connectivity index (χ1) is 6.17. The normalized spacial score (nSPS) is 14.7. The molecule has 0 bridgehead atoms. The first-order valence-electron chi connectivity index (χ1n) is 4.80. The molecule has 4 heteroatoms. The van der Waals surface area contributed by atoms with Gasteiger partial charge < -0.3 is 9.31 Å². The second-order valence-electron chi connectivity index (χ2n) is 3.06. The van der Waals surface area contributed by atoms with Gasteiger partial charge >= 0.3 is 7.12 Å². The predicted octanol–water partition coefficient (Wildman–Crippen LogP) is 2.10. The third-order valence-corrected chi connectivity index (χ3v) is 2.08. The van der Waals surface area contributed by atoms with Gasteiger partial charge in [-0.15, -0.1) is 0 Å². The monoisotopic (exact) mass is 183 g/mol. The standard InChI is InChI=1S/C9H18BNO2/c1-5-12-10(13-6-2)9(4)8(3)7-11/h8-9H,5-6H2,1-4H3. The minimum Gasteiger partial charge on any atom is -0.411 e. The Morgan fingerprint density at radius 2 is 1.69 bits per heavy atom. The summed E-state index contributed by atoms with van der Waals surface area (Å²) in [5.74, 6) is 0.0769. The fourth-order valence-corrected chi connectivity index (χ4v) is 1.03. The van der Waals surface area contributed by atoms with Crippen LogP contribution in [0.5, 0.6) is 0 Å². The topological polar surface area (TPSA) is 42.2 Å². The summed E-state index contributed by atoms with van der Waals surface area (Å²) in [5, 5.41) is 8.73. The first kappa shape index (κ1) is 12.5. The van der Waals surface area contributed by atoms with Gasteiger partial charge in [-0.25, -0.2) is 0 Å². The van der Waals surface area contributed by atoms with E-state index in [0.29, 0.717) is 13.2 Å². The molecule has 0 aromatic heterocycles. The van der Waals surface area contributed by atoms with Crippen LogP contribution in [-0.2, 0) is 9.31 Å². The summed E-state index contributed by atoms with van der Waals surface area (Å²) in [4.78, 5) is 0. The average Bonchev–Trinajstić information content (AvgIpc) is 2.15. The summed E-state index contributed by atoms with van der Waals surface area (Å²) in [6, 6.07) is 2.20. The van der Waals surface area contributed by atoms with Crippen LogP contribution in [0.3, 0.4) is 0 Å². The van der Waals surface area contributed by atoms with E-state index in [1.54, 1.807) is 0 Å². The second kappa shape index (κ2) is 6.93. The summed E-state index contributed by atoms with van der Waals surface area (Å²) < 4.78 is 10.8. The Morgan fingerprint density at radius 1 is 1.23 bits per heavy atom. The minimum absolute atomic E-state index is 0.0388. The van der Waals surface area contributed by atoms with E-state index in [9.17, 15) is 0 Å². The maximum Gasteiger partial charge on any atom is 0.461 e. The van der Waals surface area contributed by atoms with Crippen molar-refractivity contribution in [3.05, 3.63) is 0 Å². The number of nitrogens with zero attached hydrogens (tertiary/aromatic N) is 1. The molecule has 0 rings (SSSR count). The van der Waals surface area contributed by atoms with Crippen molar-refractivity contribution in [2.24, 2.45) is 5.92 Å². The molecule has 2 atom stereocenters. The summed E-state index contributed by atoms with van der Waals surface area (Å²) in [6.07, 6.45) is 0. The lowest BCUT2D eigenvalue weighted by molar-refractivity contribution is 0.201. The summed E-state index contributed by atoms with van der Waals surface area (Å²) in [7, 11) is -0.246. The molecule has 0 spiro atoms. The number of hydrogen-bond donors (Lipinski definition) is 0. The van der Waals surface area contributed by atoms with Gasteiger partial charge in [-0.05, 0) is 20.8 Å². The zero-order valence-corrected chi connectivity index (χ0v) is 8.91. The van der Waals surface area contributed by atoms with E-state index in [1.807, 2.05) is 27.7 Å². The molecule has 0 aliphatic heterocycles. The molecule has 0 amide bonds. The molecular formula is C9H18BNO2. The molecule has 0 heterocycles. The van der Waals surface area contributed by atoms with Crippen LogP contribution in [-0.4, -0.2) is 20.3 Å². The van der Waals surface area contributed by atoms with E-state index in [-0.39, 0.29) is 18.9 Å². The van der Waals surface area contributed by atoms with Gasteiger partial charge in [0.25, 0.3) is 0 Å². The van der Waals surface area contributed by atoms with Crippen LogP contribution in [0.25, 0.3) is 0 Å². The third-order valence-electron chi connectivity index (χ3n) is 2.08. The van der Waals surface area contributed by atoms with Crippen molar-refractivity contribution in [2.45, 2.75) is 33.5 Å². The Kier molecular flexibility index (Phi) is 6.65. The quantitative estimate of drug-likeness (QED) is 0.592. The van der Waals surface area contributed by atoms with E-state index in [4.69, 9.17) is 14.6 Å². The predicted molar refractivity (Wildman–Crippen MR) is 53.2 cm³/mol. The highest BCUT2D eigenvalue weighted by Gasteiger charge is 2.29. The van der Waals surface area contributed by atoms with Gasteiger partial charge in [-0.1, -0.05) is 6.92 Å². The van der Waals surface area contributed by atoms with Crippen LogP contribution < -0.4 is 0 Å². The van der Waals surface area contributed by atoms with Gasteiger partial charge in [0.05, 0.1) is 6.07 Å². The number of hydrogen-bond acceptors (Lipinski definition) is 3. The van der Waals surface area contributed by atoms with Gasteiger partial charge in [0.15, 0.2) is 0 Å². The molecule has 13 heavy (non-hydrogen) atoms. The lowest BCUT2D eigenvalue weighted by Crippen LogP contribution is -2.30. The first-order valence-corrected chi connectivity index (χ1v) is 4.80. The summed E-state index contributed by atoms with van der Waals surface area (Å²) >= 11 is 0. The Balaban J connectivity index is 4.10. The van der Waals surface area contributed by atoms with Crippen LogP contribution in [0.15, 0.2) is 0 Å². The zero-order valence-electron chi connectivity index (χ0n) is 8.91. The molecule has 0 saturated carbocycles. The van der Waals surface area contributed by atoms with E-state index < -0.39 is 0 Å². The number of nitriles is 1. The molecule has 3 nitrogen and oxygen atoms in total. The molecule has 0 saturated heterocycles. The largest absolute Gasteiger partial charge is 0.461 e. The fraction of sp³-hybridized carbons (Fsp3) is 0.889. The lowest BCUT2D eigenvalue weighted by atomic mass is 9.67. The van der Waals surface area contributed by atoms with Crippen molar-refractivity contribution in [1.82, 2.24) is 0 Å². The van der Waals surface area contributed by atoms with Crippen molar-refractivity contribution < 1.29 is 9.31 Å². The van der Waals surface area contributed by atoms with Gasteiger partial charge in [0.2, 0.25) is 0 Å². The van der Waals surface area contributed by atoms with Gasteiger partial charge in [0, 0.05) is 24.9 Å². The number of rotatable bonds is 6. The molecule has 0 aromatic rings. The van der Waals surface area contributed by atoms with E-state index in [0.717, 1.165) is 0 Å². The second-order valence-corrected chi connectivity index (χ2v) is 3.06. The molecule has 0 radical (unpaired) electrons. The van der Waals surface area contributed by atoms with Crippen LogP contribution >= 0.6 is 0 Å². The van der Waals surface area contributed by atoms with Crippen LogP contribution in [0.4, 0.5) is 0 Å². The summed E-state index contributed by atoms with van der Waals surface area (Å²) in [6.45, 7) is 8.95. The van der Waals surface area contributed by atoms with Crippen LogP contribution in [0.2, 0.25) is 5.82 Å². The highest BCUT2D eigenvalue weighted by atomic mass is 16.6. The van der Waals surface area contributed by atoms with Crippen molar-refractivity contribution in [1.29, 1.82) is 5.26 Å². The van der Waals surface area contributed by atoms with Crippen molar-refractivity contribution >= 4 is 7.12 Å². The molecule has 0 aliphatic rings. The summed E-state index contributed by atoms with van der Waals surface area (Å²) in [5.41, 5.74) is 0. The highest BCUT2D eigenvalue weighted by molar-refractivity contribution is 6.46. The van der Waals surface area contributed by atoms with Crippen molar-refractivity contribution in [2.75, 3.05) is 13.2 Å². The van der Waals surface area contributed by atoms with E-state index >= 15 is 0 Å². The maximum absolute atomic E-state index is 8.73. The average molecular weight is 183 g/mol. The van der Waals surface area contributed by atoms with Crippen LogP contribution in [0.1, 0.15) is 27.7 Å². The zero-order chi connectivity index (χ0) is 10.3. The van der Waals surface area contributed by atoms with E-state index in [1.165, 1.54) is 0 Å². The third kappa shape index (κ3) is 4.30.